The molecule has 1 aliphatic heterocycles. The van der Waals surface area contributed by atoms with Gasteiger partial charge in [-0.2, -0.15) is 0 Å². The summed E-state index contributed by atoms with van der Waals surface area (Å²) in [6.45, 7) is 5.95. The molecule has 0 aromatic heterocycles. The fraction of sp³-hybridized carbons (Fsp3) is 0.400. The Bertz CT molecular complexity index is 880. The lowest BCUT2D eigenvalue weighted by molar-refractivity contribution is -0.116. The third kappa shape index (κ3) is 6.02. The molecule has 1 N–H and O–H groups in total. The van der Waals surface area contributed by atoms with Crippen LogP contribution in [0.1, 0.15) is 65.8 Å². The van der Waals surface area contributed by atoms with Gasteiger partial charge in [-0.15, -0.1) is 0 Å². The molecule has 2 aromatic carbocycles. The molecular formula is C25H30N2O3. The predicted molar refractivity (Wildman–Crippen MR) is 119 cm³/mol. The van der Waals surface area contributed by atoms with Crippen molar-refractivity contribution >= 4 is 23.3 Å². The highest BCUT2D eigenvalue weighted by Crippen LogP contribution is 2.16. The zero-order chi connectivity index (χ0) is 21.5. The van der Waals surface area contributed by atoms with Gasteiger partial charge in [0.25, 0.3) is 5.91 Å². The molecule has 1 saturated heterocycles. The van der Waals surface area contributed by atoms with E-state index in [4.69, 9.17) is 0 Å². The summed E-state index contributed by atoms with van der Waals surface area (Å²) in [4.78, 5) is 38.8. The summed E-state index contributed by atoms with van der Waals surface area (Å²) >= 11 is 0. The van der Waals surface area contributed by atoms with Crippen LogP contribution in [0.3, 0.4) is 0 Å². The van der Waals surface area contributed by atoms with Gasteiger partial charge in [-0.05, 0) is 55.0 Å². The maximum atomic E-state index is 12.4. The minimum Gasteiger partial charge on any atom is -0.339 e. The van der Waals surface area contributed by atoms with E-state index in [-0.39, 0.29) is 30.4 Å². The summed E-state index contributed by atoms with van der Waals surface area (Å²) in [5.41, 5.74) is 3.11. The molecule has 158 valence electrons. The van der Waals surface area contributed by atoms with Gasteiger partial charge < -0.3 is 10.2 Å². The first-order valence-corrected chi connectivity index (χ1v) is 10.7. The lowest BCUT2D eigenvalue weighted by atomic mass is 9.99. The van der Waals surface area contributed by atoms with Crippen LogP contribution in [-0.4, -0.2) is 35.6 Å². The molecule has 2 amide bonds. The first-order valence-electron chi connectivity index (χ1n) is 10.7. The van der Waals surface area contributed by atoms with E-state index in [0.29, 0.717) is 22.7 Å². The molecule has 0 atom stereocenters. The van der Waals surface area contributed by atoms with Gasteiger partial charge in [0.2, 0.25) is 5.91 Å². The molecule has 5 heteroatoms. The van der Waals surface area contributed by atoms with Crippen molar-refractivity contribution in [1.82, 2.24) is 4.90 Å². The van der Waals surface area contributed by atoms with Crippen LogP contribution < -0.4 is 5.32 Å². The number of carbonyl (C=O) groups excluding carboxylic acids is 3. The van der Waals surface area contributed by atoms with Crippen molar-refractivity contribution < 1.29 is 14.4 Å². The number of rotatable bonds is 8. The Morgan fingerprint density at radius 2 is 1.47 bits per heavy atom. The quantitative estimate of drug-likeness (QED) is 0.645. The monoisotopic (exact) mass is 406 g/mol. The first-order chi connectivity index (χ1) is 14.4. The largest absolute Gasteiger partial charge is 0.339 e. The van der Waals surface area contributed by atoms with Crippen LogP contribution in [0.5, 0.6) is 0 Å². The lowest BCUT2D eigenvalue weighted by Crippen LogP contribution is -2.27. The van der Waals surface area contributed by atoms with Crippen molar-refractivity contribution in [2.75, 3.05) is 18.4 Å². The highest BCUT2D eigenvalue weighted by molar-refractivity contribution is 6.00. The molecule has 3 rings (SSSR count). The van der Waals surface area contributed by atoms with Crippen molar-refractivity contribution in [3.05, 3.63) is 65.2 Å². The normalized spacial score (nSPS) is 13.5. The number of benzene rings is 2. The molecule has 0 bridgehead atoms. The molecular weight excluding hydrogens is 376 g/mol. The Morgan fingerprint density at radius 3 is 2.07 bits per heavy atom. The van der Waals surface area contributed by atoms with Gasteiger partial charge in [-0.3, -0.25) is 14.4 Å². The van der Waals surface area contributed by atoms with Crippen molar-refractivity contribution in [2.45, 2.75) is 46.0 Å². The molecule has 0 aliphatic carbocycles. The number of amides is 2. The molecule has 0 unspecified atom stereocenters. The fourth-order valence-corrected chi connectivity index (χ4v) is 3.69. The van der Waals surface area contributed by atoms with Gasteiger partial charge in [-0.25, -0.2) is 0 Å². The number of nitrogens with one attached hydrogen (secondary N) is 1. The minimum absolute atomic E-state index is 0.0344. The summed E-state index contributed by atoms with van der Waals surface area (Å²) in [5, 5.41) is 2.80. The second-order valence-corrected chi connectivity index (χ2v) is 8.34. The average Bonchev–Trinajstić information content (AvgIpc) is 3.27. The molecule has 1 aliphatic rings. The summed E-state index contributed by atoms with van der Waals surface area (Å²) in [6.07, 6.45) is 3.39. The second-order valence-electron chi connectivity index (χ2n) is 8.34. The van der Waals surface area contributed by atoms with Gasteiger partial charge in [0.1, 0.15) is 0 Å². The van der Waals surface area contributed by atoms with Crippen molar-refractivity contribution in [3.8, 4) is 0 Å². The molecule has 0 spiro atoms. The van der Waals surface area contributed by atoms with Crippen LogP contribution in [-0.2, 0) is 11.2 Å². The van der Waals surface area contributed by atoms with E-state index in [1.165, 1.54) is 5.56 Å². The van der Waals surface area contributed by atoms with Crippen LogP contribution in [0.4, 0.5) is 5.69 Å². The van der Waals surface area contributed by atoms with Crippen molar-refractivity contribution in [2.24, 2.45) is 5.92 Å². The standard InChI is InChI=1S/C25H30N2O3/c1-18(2)17-19-5-7-20(8-6-19)23(28)13-14-24(29)26-22-11-9-21(10-12-22)25(30)27-15-3-4-16-27/h5-12,18H,3-4,13-17H2,1-2H3,(H,26,29). The van der Waals surface area contributed by atoms with Gasteiger partial charge in [0, 0.05) is 42.7 Å². The minimum atomic E-state index is -0.210. The van der Waals surface area contributed by atoms with Gasteiger partial charge >= 0.3 is 0 Å². The van der Waals surface area contributed by atoms with E-state index < -0.39 is 0 Å². The number of carbonyl (C=O) groups is 3. The summed E-state index contributed by atoms with van der Waals surface area (Å²) in [5.74, 6) is 0.365. The summed E-state index contributed by atoms with van der Waals surface area (Å²) in [6, 6.07) is 14.6. The highest BCUT2D eigenvalue weighted by Gasteiger charge is 2.19. The molecule has 30 heavy (non-hydrogen) atoms. The number of hydrogen-bond acceptors (Lipinski definition) is 3. The van der Waals surface area contributed by atoms with Gasteiger partial charge in [-0.1, -0.05) is 38.1 Å². The Balaban J connectivity index is 1.47. The van der Waals surface area contributed by atoms with E-state index in [1.54, 1.807) is 24.3 Å². The van der Waals surface area contributed by atoms with Crippen LogP contribution in [0.2, 0.25) is 0 Å². The first kappa shape index (κ1) is 21.8. The van der Waals surface area contributed by atoms with Crippen LogP contribution >= 0.6 is 0 Å². The Labute approximate surface area is 178 Å². The number of Topliss-reactive ketones (excluding diaryl/α,β-unsaturated/α-hetero) is 1. The van der Waals surface area contributed by atoms with Crippen molar-refractivity contribution in [1.29, 1.82) is 0 Å². The van der Waals surface area contributed by atoms with Crippen LogP contribution in [0, 0.1) is 5.92 Å². The van der Waals surface area contributed by atoms with E-state index in [0.717, 1.165) is 32.4 Å². The topological polar surface area (TPSA) is 66.5 Å². The number of likely N-dealkylation sites (tertiary alicyclic amines) is 1. The second kappa shape index (κ2) is 10.2. The Morgan fingerprint density at radius 1 is 0.867 bits per heavy atom. The maximum Gasteiger partial charge on any atom is 0.253 e. The SMILES string of the molecule is CC(C)Cc1ccc(C(=O)CCC(=O)Nc2ccc(C(=O)N3CCCC3)cc2)cc1. The Kier molecular flexibility index (Phi) is 7.39. The van der Waals surface area contributed by atoms with Crippen molar-refractivity contribution in [3.63, 3.8) is 0 Å². The predicted octanol–water partition coefficient (Wildman–Crippen LogP) is 4.72. The number of anilines is 1. The van der Waals surface area contributed by atoms with Gasteiger partial charge in [0.15, 0.2) is 5.78 Å². The van der Waals surface area contributed by atoms with Gasteiger partial charge in [0.05, 0.1) is 0 Å². The third-order valence-electron chi connectivity index (χ3n) is 5.31. The van der Waals surface area contributed by atoms with E-state index >= 15 is 0 Å². The highest BCUT2D eigenvalue weighted by atomic mass is 16.2. The lowest BCUT2D eigenvalue weighted by Gasteiger charge is -2.15. The average molecular weight is 407 g/mol. The maximum absolute atomic E-state index is 12.4. The Hall–Kier alpha value is -2.95. The molecule has 5 nitrogen and oxygen atoms in total. The smallest absolute Gasteiger partial charge is 0.253 e. The number of nitrogens with zero attached hydrogens (tertiary/aromatic N) is 1. The molecule has 2 aromatic rings. The molecule has 0 radical (unpaired) electrons. The zero-order valence-corrected chi connectivity index (χ0v) is 17.8. The number of hydrogen-bond donors (Lipinski definition) is 1. The van der Waals surface area contributed by atoms with E-state index in [9.17, 15) is 14.4 Å². The zero-order valence-electron chi connectivity index (χ0n) is 17.8. The molecule has 1 fully saturated rings. The number of ketones is 1. The molecule has 0 saturated carbocycles. The fourth-order valence-electron chi connectivity index (χ4n) is 3.69. The summed E-state index contributed by atoms with van der Waals surface area (Å²) in [7, 11) is 0. The van der Waals surface area contributed by atoms with E-state index in [1.807, 2.05) is 29.2 Å². The molecule has 1 heterocycles. The van der Waals surface area contributed by atoms with E-state index in [2.05, 4.69) is 19.2 Å². The van der Waals surface area contributed by atoms with Crippen LogP contribution in [0.25, 0.3) is 0 Å². The third-order valence-corrected chi connectivity index (χ3v) is 5.31. The summed E-state index contributed by atoms with van der Waals surface area (Å²) < 4.78 is 0. The van der Waals surface area contributed by atoms with Crippen LogP contribution in [0.15, 0.2) is 48.5 Å².